The van der Waals surface area contributed by atoms with Crippen LogP contribution in [0.2, 0.25) is 0 Å². The zero-order valence-corrected chi connectivity index (χ0v) is 8.25. The van der Waals surface area contributed by atoms with E-state index in [2.05, 4.69) is 32.1 Å². The molecule has 0 amide bonds. The zero-order chi connectivity index (χ0) is 8.97. The first kappa shape index (κ1) is 9.30. The average molecular weight is 166 g/mol. The number of hydrogen-bond donors (Lipinski definition) is 0. The van der Waals surface area contributed by atoms with Crippen LogP contribution in [-0.2, 0) is 13.0 Å². The molecule has 0 N–H and O–H groups in total. The number of nitrogens with zero attached hydrogens (tertiary/aromatic N) is 2. The topological polar surface area (TPSA) is 17.8 Å². The molecule has 0 bridgehead atoms. The van der Waals surface area contributed by atoms with Crippen LogP contribution < -0.4 is 0 Å². The smallest absolute Gasteiger partial charge is 0.0521 e. The normalized spacial score (nSPS) is 11.0. The van der Waals surface area contributed by atoms with Crippen molar-refractivity contribution in [2.24, 2.45) is 5.92 Å². The van der Waals surface area contributed by atoms with Crippen LogP contribution in [-0.4, -0.2) is 9.78 Å². The van der Waals surface area contributed by atoms with Gasteiger partial charge in [0.05, 0.1) is 6.20 Å². The third-order valence-electron chi connectivity index (χ3n) is 2.03. The predicted octanol–water partition coefficient (Wildman–Crippen LogP) is 2.49. The minimum atomic E-state index is 0.763. The van der Waals surface area contributed by atoms with Crippen molar-refractivity contribution in [1.29, 1.82) is 0 Å². The van der Waals surface area contributed by atoms with E-state index in [-0.39, 0.29) is 0 Å². The van der Waals surface area contributed by atoms with Crippen molar-refractivity contribution in [3.63, 3.8) is 0 Å². The van der Waals surface area contributed by atoms with Gasteiger partial charge >= 0.3 is 0 Å². The van der Waals surface area contributed by atoms with E-state index in [0.29, 0.717) is 0 Å². The van der Waals surface area contributed by atoms with Crippen molar-refractivity contribution in [1.82, 2.24) is 9.78 Å². The zero-order valence-electron chi connectivity index (χ0n) is 8.25. The molecular weight excluding hydrogens is 148 g/mol. The van der Waals surface area contributed by atoms with E-state index in [0.717, 1.165) is 18.9 Å². The fourth-order valence-corrected chi connectivity index (χ4v) is 1.10. The largest absolute Gasteiger partial charge is 0.272 e. The molecule has 0 aliphatic rings. The number of aryl methyl sites for hydroxylation is 2. The molecule has 2 nitrogen and oxygen atoms in total. The maximum Gasteiger partial charge on any atom is 0.0521 e. The molecule has 0 saturated heterocycles. The van der Waals surface area contributed by atoms with Crippen molar-refractivity contribution in [3.05, 3.63) is 18.0 Å². The first-order valence-electron chi connectivity index (χ1n) is 4.73. The monoisotopic (exact) mass is 166 g/mol. The molecular formula is C10H18N2. The van der Waals surface area contributed by atoms with Crippen molar-refractivity contribution in [2.45, 2.75) is 40.2 Å². The fraction of sp³-hybridized carbons (Fsp3) is 0.700. The van der Waals surface area contributed by atoms with Gasteiger partial charge in [0.1, 0.15) is 0 Å². The third-order valence-corrected chi connectivity index (χ3v) is 2.03. The maximum absolute atomic E-state index is 4.28. The van der Waals surface area contributed by atoms with Crippen LogP contribution in [0, 0.1) is 5.92 Å². The molecule has 0 aliphatic carbocycles. The molecule has 2 heteroatoms. The Balaban J connectivity index is 2.41. The van der Waals surface area contributed by atoms with Gasteiger partial charge in [0.2, 0.25) is 0 Å². The van der Waals surface area contributed by atoms with Crippen LogP contribution in [0.25, 0.3) is 0 Å². The molecule has 1 aromatic rings. The lowest BCUT2D eigenvalue weighted by atomic mass is 10.1. The van der Waals surface area contributed by atoms with Crippen LogP contribution in [0.1, 0.15) is 32.8 Å². The lowest BCUT2D eigenvalue weighted by Crippen LogP contribution is -2.01. The highest BCUT2D eigenvalue weighted by molar-refractivity contribution is 5.02. The summed E-state index contributed by atoms with van der Waals surface area (Å²) in [6.45, 7) is 7.69. The summed E-state index contributed by atoms with van der Waals surface area (Å²) in [6.07, 6.45) is 6.40. The standard InChI is InChI=1S/C10H18N2/c1-4-10-7-11-12(8-10)6-5-9(2)3/h7-9H,4-6H2,1-3H3. The van der Waals surface area contributed by atoms with E-state index < -0.39 is 0 Å². The molecule has 1 heterocycles. The van der Waals surface area contributed by atoms with Crippen LogP contribution >= 0.6 is 0 Å². The summed E-state index contributed by atoms with van der Waals surface area (Å²) in [5.41, 5.74) is 1.33. The Labute approximate surface area is 74.6 Å². The third kappa shape index (κ3) is 2.68. The van der Waals surface area contributed by atoms with Gasteiger partial charge in [-0.1, -0.05) is 20.8 Å². The predicted molar refractivity (Wildman–Crippen MR) is 51.1 cm³/mol. The van der Waals surface area contributed by atoms with Crippen molar-refractivity contribution >= 4 is 0 Å². The molecule has 0 atom stereocenters. The van der Waals surface area contributed by atoms with Gasteiger partial charge in [-0.25, -0.2) is 0 Å². The van der Waals surface area contributed by atoms with E-state index in [4.69, 9.17) is 0 Å². The van der Waals surface area contributed by atoms with Crippen LogP contribution in [0.15, 0.2) is 12.4 Å². The second-order valence-corrected chi connectivity index (χ2v) is 3.65. The Hall–Kier alpha value is -0.790. The van der Waals surface area contributed by atoms with Crippen LogP contribution in [0.4, 0.5) is 0 Å². The molecule has 12 heavy (non-hydrogen) atoms. The van der Waals surface area contributed by atoms with Gasteiger partial charge in [-0.15, -0.1) is 0 Å². The minimum absolute atomic E-state index is 0.763. The molecule has 0 fully saturated rings. The summed E-state index contributed by atoms with van der Waals surface area (Å²) in [5.74, 6) is 0.763. The van der Waals surface area contributed by atoms with Gasteiger partial charge in [0.25, 0.3) is 0 Å². The van der Waals surface area contributed by atoms with Gasteiger partial charge in [-0.2, -0.15) is 5.10 Å². The van der Waals surface area contributed by atoms with E-state index in [1.165, 1.54) is 12.0 Å². The first-order chi connectivity index (χ1) is 5.72. The lowest BCUT2D eigenvalue weighted by molar-refractivity contribution is 0.487. The van der Waals surface area contributed by atoms with Gasteiger partial charge in [0, 0.05) is 12.7 Å². The minimum Gasteiger partial charge on any atom is -0.272 e. The van der Waals surface area contributed by atoms with Crippen LogP contribution in [0.3, 0.4) is 0 Å². The van der Waals surface area contributed by atoms with Crippen molar-refractivity contribution in [3.8, 4) is 0 Å². The van der Waals surface area contributed by atoms with Gasteiger partial charge in [-0.3, -0.25) is 4.68 Å². The second-order valence-electron chi connectivity index (χ2n) is 3.65. The van der Waals surface area contributed by atoms with Crippen LogP contribution in [0.5, 0.6) is 0 Å². The molecule has 0 aliphatic heterocycles. The second kappa shape index (κ2) is 4.29. The Morgan fingerprint density at radius 3 is 2.75 bits per heavy atom. The lowest BCUT2D eigenvalue weighted by Gasteiger charge is -2.03. The first-order valence-corrected chi connectivity index (χ1v) is 4.73. The number of hydrogen-bond acceptors (Lipinski definition) is 1. The number of rotatable bonds is 4. The quantitative estimate of drug-likeness (QED) is 0.672. The average Bonchev–Trinajstić information content (AvgIpc) is 2.48. The molecule has 0 aromatic carbocycles. The number of aromatic nitrogens is 2. The summed E-state index contributed by atoms with van der Waals surface area (Å²) in [6, 6.07) is 0. The Bertz CT molecular complexity index is 225. The summed E-state index contributed by atoms with van der Waals surface area (Å²) < 4.78 is 2.04. The maximum atomic E-state index is 4.28. The molecule has 0 radical (unpaired) electrons. The van der Waals surface area contributed by atoms with Gasteiger partial charge in [-0.05, 0) is 24.3 Å². The molecule has 68 valence electrons. The summed E-state index contributed by atoms with van der Waals surface area (Å²) >= 11 is 0. The molecule has 1 aromatic heterocycles. The van der Waals surface area contributed by atoms with E-state index in [1.54, 1.807) is 0 Å². The van der Waals surface area contributed by atoms with E-state index >= 15 is 0 Å². The molecule has 0 unspecified atom stereocenters. The fourth-order valence-electron chi connectivity index (χ4n) is 1.10. The highest BCUT2D eigenvalue weighted by atomic mass is 15.3. The van der Waals surface area contributed by atoms with Crippen molar-refractivity contribution in [2.75, 3.05) is 0 Å². The summed E-state index contributed by atoms with van der Waals surface area (Å²) in [7, 11) is 0. The Kier molecular flexibility index (Phi) is 3.32. The Morgan fingerprint density at radius 1 is 1.50 bits per heavy atom. The van der Waals surface area contributed by atoms with E-state index in [1.807, 2.05) is 10.9 Å². The Morgan fingerprint density at radius 2 is 2.25 bits per heavy atom. The summed E-state index contributed by atoms with van der Waals surface area (Å²) in [4.78, 5) is 0. The van der Waals surface area contributed by atoms with Gasteiger partial charge in [0.15, 0.2) is 0 Å². The van der Waals surface area contributed by atoms with E-state index in [9.17, 15) is 0 Å². The molecule has 1 rings (SSSR count). The van der Waals surface area contributed by atoms with Crippen molar-refractivity contribution < 1.29 is 0 Å². The SMILES string of the molecule is CCc1cnn(CCC(C)C)c1. The highest BCUT2D eigenvalue weighted by Gasteiger charge is 1.97. The summed E-state index contributed by atoms with van der Waals surface area (Å²) in [5, 5.41) is 4.28. The highest BCUT2D eigenvalue weighted by Crippen LogP contribution is 2.03. The molecule has 0 spiro atoms. The van der Waals surface area contributed by atoms with Gasteiger partial charge < -0.3 is 0 Å². The molecule has 0 saturated carbocycles.